The van der Waals surface area contributed by atoms with Gasteiger partial charge in [-0.05, 0) is 43.5 Å². The van der Waals surface area contributed by atoms with E-state index in [4.69, 9.17) is 4.74 Å². The molecule has 0 bridgehead atoms. The number of aryl methyl sites for hydroxylation is 2. The smallest absolute Gasteiger partial charge is 0.308 e. The van der Waals surface area contributed by atoms with Gasteiger partial charge in [0, 0.05) is 45.1 Å². The number of amides is 2. The Kier molecular flexibility index (Phi) is 7.22. The summed E-state index contributed by atoms with van der Waals surface area (Å²) in [5, 5.41) is 0. The predicted octanol–water partition coefficient (Wildman–Crippen LogP) is 3.23. The number of esters is 1. The van der Waals surface area contributed by atoms with E-state index in [1.165, 1.54) is 12.5 Å². The van der Waals surface area contributed by atoms with Gasteiger partial charge >= 0.3 is 5.97 Å². The monoisotopic (exact) mass is 408 g/mol. The Bertz CT molecular complexity index is 908. The summed E-state index contributed by atoms with van der Waals surface area (Å²) in [6.07, 6.45) is 1.94. The molecular formula is C24H28N2O4. The number of nitrogens with zero attached hydrogens (tertiary/aromatic N) is 2. The fraction of sp³-hybridized carbons (Fsp3) is 0.375. The van der Waals surface area contributed by atoms with E-state index in [1.807, 2.05) is 11.8 Å². The van der Waals surface area contributed by atoms with Crippen molar-refractivity contribution < 1.29 is 19.1 Å². The number of ether oxygens (including phenoxy) is 1. The van der Waals surface area contributed by atoms with Crippen LogP contribution in [0.4, 0.5) is 0 Å². The zero-order valence-electron chi connectivity index (χ0n) is 17.6. The van der Waals surface area contributed by atoms with Crippen LogP contribution in [0.1, 0.15) is 41.3 Å². The van der Waals surface area contributed by atoms with E-state index in [2.05, 4.69) is 24.3 Å². The lowest BCUT2D eigenvalue weighted by atomic mass is 10.1. The molecule has 1 aliphatic heterocycles. The molecule has 1 fully saturated rings. The Morgan fingerprint density at radius 2 is 1.63 bits per heavy atom. The SMILES string of the molecule is CC(=O)Oc1cccc(C(=O)N2CCCN(C(=O)CCc3ccc(C)cc3)CC2)c1. The second kappa shape index (κ2) is 10.1. The van der Waals surface area contributed by atoms with Crippen molar-refractivity contribution in [3.8, 4) is 5.75 Å². The summed E-state index contributed by atoms with van der Waals surface area (Å²) in [6.45, 7) is 5.65. The van der Waals surface area contributed by atoms with Crippen LogP contribution in [-0.4, -0.2) is 53.8 Å². The Labute approximate surface area is 177 Å². The Hall–Kier alpha value is -3.15. The van der Waals surface area contributed by atoms with Gasteiger partial charge in [-0.1, -0.05) is 35.9 Å². The van der Waals surface area contributed by atoms with E-state index in [9.17, 15) is 14.4 Å². The van der Waals surface area contributed by atoms with Crippen molar-refractivity contribution in [1.82, 2.24) is 9.80 Å². The topological polar surface area (TPSA) is 66.9 Å². The standard InChI is InChI=1S/C24H28N2O4/c1-18-7-9-20(10-8-18)11-12-23(28)25-13-4-14-26(16-15-25)24(29)21-5-3-6-22(17-21)30-19(2)27/h3,5-10,17H,4,11-16H2,1-2H3. The quantitative estimate of drug-likeness (QED) is 0.563. The molecule has 0 atom stereocenters. The molecule has 2 amide bonds. The molecule has 3 rings (SSSR count). The van der Waals surface area contributed by atoms with Crippen LogP contribution in [0, 0.1) is 6.92 Å². The molecule has 1 aliphatic rings. The molecule has 0 radical (unpaired) electrons. The van der Waals surface area contributed by atoms with E-state index >= 15 is 0 Å². The van der Waals surface area contributed by atoms with Crippen LogP contribution < -0.4 is 4.74 Å². The first kappa shape index (κ1) is 21.6. The van der Waals surface area contributed by atoms with Crippen molar-refractivity contribution in [3.05, 3.63) is 65.2 Å². The second-order valence-electron chi connectivity index (χ2n) is 7.63. The highest BCUT2D eigenvalue weighted by atomic mass is 16.5. The minimum absolute atomic E-state index is 0.113. The number of carbonyl (C=O) groups is 3. The third-order valence-corrected chi connectivity index (χ3v) is 5.23. The molecule has 2 aromatic carbocycles. The highest BCUT2D eigenvalue weighted by Gasteiger charge is 2.23. The number of carbonyl (C=O) groups excluding carboxylic acids is 3. The van der Waals surface area contributed by atoms with Crippen LogP contribution in [0.2, 0.25) is 0 Å². The maximum Gasteiger partial charge on any atom is 0.308 e. The lowest BCUT2D eigenvalue weighted by Gasteiger charge is -2.22. The van der Waals surface area contributed by atoms with Crippen molar-refractivity contribution in [2.45, 2.75) is 33.1 Å². The summed E-state index contributed by atoms with van der Waals surface area (Å²) in [5.74, 6) is -0.0510. The summed E-state index contributed by atoms with van der Waals surface area (Å²) < 4.78 is 5.07. The molecule has 0 unspecified atom stereocenters. The van der Waals surface area contributed by atoms with E-state index in [0.29, 0.717) is 43.9 Å². The molecule has 0 spiro atoms. The van der Waals surface area contributed by atoms with Gasteiger partial charge in [-0.2, -0.15) is 0 Å². The predicted molar refractivity (Wildman–Crippen MR) is 114 cm³/mol. The molecule has 0 N–H and O–H groups in total. The molecule has 0 aromatic heterocycles. The normalized spacial score (nSPS) is 14.2. The average molecular weight is 408 g/mol. The van der Waals surface area contributed by atoms with Gasteiger partial charge in [-0.3, -0.25) is 14.4 Å². The van der Waals surface area contributed by atoms with Gasteiger partial charge in [0.25, 0.3) is 5.91 Å². The van der Waals surface area contributed by atoms with E-state index in [-0.39, 0.29) is 11.8 Å². The fourth-order valence-electron chi connectivity index (χ4n) is 3.58. The summed E-state index contributed by atoms with van der Waals surface area (Å²) in [7, 11) is 0. The van der Waals surface area contributed by atoms with Gasteiger partial charge in [0.05, 0.1) is 0 Å². The average Bonchev–Trinajstić information content (AvgIpc) is 2.99. The Morgan fingerprint density at radius 3 is 2.37 bits per heavy atom. The van der Waals surface area contributed by atoms with Gasteiger partial charge in [0.2, 0.25) is 5.91 Å². The second-order valence-corrected chi connectivity index (χ2v) is 7.63. The van der Waals surface area contributed by atoms with Crippen molar-refractivity contribution in [2.24, 2.45) is 0 Å². The highest BCUT2D eigenvalue weighted by molar-refractivity contribution is 5.94. The number of rotatable bonds is 5. The number of hydrogen-bond donors (Lipinski definition) is 0. The molecule has 1 heterocycles. The zero-order chi connectivity index (χ0) is 21.5. The van der Waals surface area contributed by atoms with E-state index in [0.717, 1.165) is 18.4 Å². The molecule has 158 valence electrons. The first-order valence-electron chi connectivity index (χ1n) is 10.3. The Morgan fingerprint density at radius 1 is 0.933 bits per heavy atom. The van der Waals surface area contributed by atoms with E-state index in [1.54, 1.807) is 29.2 Å². The van der Waals surface area contributed by atoms with Crippen molar-refractivity contribution >= 4 is 17.8 Å². The zero-order valence-corrected chi connectivity index (χ0v) is 17.6. The summed E-state index contributed by atoms with van der Waals surface area (Å²) in [4.78, 5) is 40.3. The van der Waals surface area contributed by atoms with Gasteiger partial charge in [0.15, 0.2) is 0 Å². The molecule has 6 nitrogen and oxygen atoms in total. The first-order valence-corrected chi connectivity index (χ1v) is 10.3. The van der Waals surface area contributed by atoms with Gasteiger partial charge in [0.1, 0.15) is 5.75 Å². The lowest BCUT2D eigenvalue weighted by molar-refractivity contribution is -0.132. The molecule has 0 aliphatic carbocycles. The summed E-state index contributed by atoms with van der Waals surface area (Å²) in [6, 6.07) is 14.9. The molecule has 1 saturated heterocycles. The maximum absolute atomic E-state index is 12.9. The molecule has 6 heteroatoms. The number of benzene rings is 2. The summed E-state index contributed by atoms with van der Waals surface area (Å²) >= 11 is 0. The fourth-order valence-corrected chi connectivity index (χ4v) is 3.58. The lowest BCUT2D eigenvalue weighted by Crippen LogP contribution is -2.37. The van der Waals surface area contributed by atoms with Crippen LogP contribution in [0.25, 0.3) is 0 Å². The van der Waals surface area contributed by atoms with Crippen LogP contribution >= 0.6 is 0 Å². The van der Waals surface area contributed by atoms with Crippen molar-refractivity contribution in [3.63, 3.8) is 0 Å². The Balaban J connectivity index is 1.55. The first-order chi connectivity index (χ1) is 14.4. The van der Waals surface area contributed by atoms with Crippen molar-refractivity contribution in [2.75, 3.05) is 26.2 Å². The summed E-state index contributed by atoms with van der Waals surface area (Å²) in [5.41, 5.74) is 2.85. The molecule has 2 aromatic rings. The van der Waals surface area contributed by atoms with E-state index < -0.39 is 5.97 Å². The maximum atomic E-state index is 12.9. The van der Waals surface area contributed by atoms with Crippen LogP contribution in [0.5, 0.6) is 5.75 Å². The largest absolute Gasteiger partial charge is 0.427 e. The highest BCUT2D eigenvalue weighted by Crippen LogP contribution is 2.17. The molecule has 30 heavy (non-hydrogen) atoms. The van der Waals surface area contributed by atoms with Gasteiger partial charge in [-0.15, -0.1) is 0 Å². The minimum Gasteiger partial charge on any atom is -0.427 e. The van der Waals surface area contributed by atoms with Gasteiger partial charge < -0.3 is 14.5 Å². The van der Waals surface area contributed by atoms with Crippen LogP contribution in [0.3, 0.4) is 0 Å². The molecule has 0 saturated carbocycles. The van der Waals surface area contributed by atoms with Crippen molar-refractivity contribution in [1.29, 1.82) is 0 Å². The van der Waals surface area contributed by atoms with Gasteiger partial charge in [-0.25, -0.2) is 0 Å². The van der Waals surface area contributed by atoms with Crippen LogP contribution in [-0.2, 0) is 16.0 Å². The molecular weight excluding hydrogens is 380 g/mol. The third-order valence-electron chi connectivity index (χ3n) is 5.23. The third kappa shape index (κ3) is 5.92. The minimum atomic E-state index is -0.422. The number of hydrogen-bond acceptors (Lipinski definition) is 4. The van der Waals surface area contributed by atoms with Crippen LogP contribution in [0.15, 0.2) is 48.5 Å².